The molecule has 170 valence electrons. The van der Waals surface area contributed by atoms with Gasteiger partial charge in [-0.2, -0.15) is 9.78 Å². The fraction of sp³-hybridized carbons (Fsp3) is 0.273. The number of nitro groups is 1. The highest BCUT2D eigenvalue weighted by atomic mass is 16.6. The Bertz CT molecular complexity index is 1350. The van der Waals surface area contributed by atoms with Gasteiger partial charge in [0.15, 0.2) is 11.5 Å². The monoisotopic (exact) mass is 449 g/mol. The molecule has 0 aliphatic carbocycles. The Morgan fingerprint density at radius 2 is 1.76 bits per heavy atom. The van der Waals surface area contributed by atoms with Gasteiger partial charge in [-0.3, -0.25) is 9.48 Å². The highest BCUT2D eigenvalue weighted by molar-refractivity contribution is 6.03. The van der Waals surface area contributed by atoms with Gasteiger partial charge in [-0.05, 0) is 43.7 Å². The molecular formula is C22H23N7O4. The molecule has 4 aromatic rings. The number of nitrogens with zero attached hydrogens (tertiary/aromatic N) is 6. The van der Waals surface area contributed by atoms with E-state index in [-0.39, 0.29) is 18.1 Å². The second kappa shape index (κ2) is 8.69. The Balaban J connectivity index is 1.53. The van der Waals surface area contributed by atoms with Crippen LogP contribution in [0.3, 0.4) is 0 Å². The van der Waals surface area contributed by atoms with E-state index in [4.69, 9.17) is 4.52 Å². The van der Waals surface area contributed by atoms with Crippen molar-refractivity contribution in [3.05, 3.63) is 86.0 Å². The number of hydrogen-bond acceptors (Lipinski definition) is 7. The van der Waals surface area contributed by atoms with Gasteiger partial charge < -0.3 is 20.0 Å². The van der Waals surface area contributed by atoms with Gasteiger partial charge in [0.25, 0.3) is 5.91 Å². The fourth-order valence-corrected chi connectivity index (χ4v) is 3.50. The summed E-state index contributed by atoms with van der Waals surface area (Å²) in [6, 6.07) is 11.2. The van der Waals surface area contributed by atoms with Gasteiger partial charge in [-0.1, -0.05) is 29.4 Å². The lowest BCUT2D eigenvalue weighted by Crippen LogP contribution is -2.17. The summed E-state index contributed by atoms with van der Waals surface area (Å²) in [6.45, 7) is 8.03. The normalized spacial score (nSPS) is 11.0. The van der Waals surface area contributed by atoms with E-state index in [9.17, 15) is 14.9 Å². The van der Waals surface area contributed by atoms with Gasteiger partial charge in [0.05, 0.1) is 35.5 Å². The molecule has 0 spiro atoms. The first-order chi connectivity index (χ1) is 15.7. The molecule has 33 heavy (non-hydrogen) atoms. The van der Waals surface area contributed by atoms with Gasteiger partial charge in [0.1, 0.15) is 5.76 Å². The van der Waals surface area contributed by atoms with Crippen molar-refractivity contribution in [1.29, 1.82) is 0 Å². The van der Waals surface area contributed by atoms with E-state index in [1.54, 1.807) is 19.9 Å². The molecule has 0 saturated carbocycles. The highest BCUT2D eigenvalue weighted by Gasteiger charge is 2.24. The Labute approximate surface area is 189 Å². The summed E-state index contributed by atoms with van der Waals surface area (Å²) in [6.07, 6.45) is 0. The van der Waals surface area contributed by atoms with Gasteiger partial charge >= 0.3 is 5.82 Å². The summed E-state index contributed by atoms with van der Waals surface area (Å²) >= 11 is 0. The molecule has 1 aromatic carbocycles. The quantitative estimate of drug-likeness (QED) is 0.337. The van der Waals surface area contributed by atoms with Crippen molar-refractivity contribution in [3.8, 4) is 0 Å². The fourth-order valence-electron chi connectivity index (χ4n) is 3.50. The molecule has 1 amide bonds. The molecule has 3 heterocycles. The number of aromatic nitrogens is 5. The summed E-state index contributed by atoms with van der Waals surface area (Å²) in [4.78, 5) is 23.4. The number of carbonyl (C=O) groups excluding carboxylic acids is 1. The minimum Gasteiger partial charge on any atom is -0.361 e. The van der Waals surface area contributed by atoms with E-state index in [2.05, 4.69) is 20.7 Å². The van der Waals surface area contributed by atoms with Crippen molar-refractivity contribution in [3.63, 3.8) is 0 Å². The van der Waals surface area contributed by atoms with Crippen LogP contribution in [-0.4, -0.2) is 35.5 Å². The Morgan fingerprint density at radius 3 is 2.45 bits per heavy atom. The van der Waals surface area contributed by atoms with Crippen LogP contribution in [0, 0.1) is 37.8 Å². The van der Waals surface area contributed by atoms with Crippen molar-refractivity contribution in [2.24, 2.45) is 0 Å². The van der Waals surface area contributed by atoms with Crippen molar-refractivity contribution >= 4 is 17.5 Å². The van der Waals surface area contributed by atoms with E-state index < -0.39 is 10.8 Å². The van der Waals surface area contributed by atoms with Gasteiger partial charge in [-0.25, -0.2) is 0 Å². The molecule has 11 heteroatoms. The second-order valence-electron chi connectivity index (χ2n) is 7.83. The summed E-state index contributed by atoms with van der Waals surface area (Å²) in [7, 11) is 0. The molecular weight excluding hydrogens is 426 g/mol. The molecule has 0 aliphatic heterocycles. The molecule has 0 radical (unpaired) electrons. The maximum atomic E-state index is 12.9. The number of nitrogens with one attached hydrogen (secondary N) is 1. The molecule has 3 aromatic heterocycles. The van der Waals surface area contributed by atoms with Crippen molar-refractivity contribution in [2.45, 2.75) is 40.8 Å². The van der Waals surface area contributed by atoms with Crippen LogP contribution < -0.4 is 5.32 Å². The number of hydrogen-bond donors (Lipinski definition) is 1. The minimum absolute atomic E-state index is 0.0798. The first kappa shape index (κ1) is 21.9. The largest absolute Gasteiger partial charge is 0.390 e. The summed E-state index contributed by atoms with van der Waals surface area (Å²) in [5.74, 6) is 0.0755. The van der Waals surface area contributed by atoms with Gasteiger partial charge in [0, 0.05) is 11.8 Å². The van der Waals surface area contributed by atoms with Crippen LogP contribution in [0.4, 0.5) is 11.6 Å². The second-order valence-corrected chi connectivity index (χ2v) is 7.83. The molecule has 0 bridgehead atoms. The van der Waals surface area contributed by atoms with Gasteiger partial charge in [0.2, 0.25) is 0 Å². The summed E-state index contributed by atoms with van der Waals surface area (Å²) < 4.78 is 8.49. The number of carbonyl (C=O) groups is 1. The lowest BCUT2D eigenvalue weighted by molar-refractivity contribution is -0.389. The number of benzene rings is 1. The van der Waals surface area contributed by atoms with Crippen LogP contribution in [0.5, 0.6) is 0 Å². The zero-order valence-corrected chi connectivity index (χ0v) is 18.7. The number of amides is 1. The van der Waals surface area contributed by atoms with Crippen LogP contribution in [-0.2, 0) is 13.1 Å². The average Bonchev–Trinajstić information content (AvgIpc) is 3.42. The van der Waals surface area contributed by atoms with E-state index in [0.29, 0.717) is 29.4 Å². The highest BCUT2D eigenvalue weighted by Crippen LogP contribution is 2.20. The zero-order chi connectivity index (χ0) is 23.7. The SMILES string of the molecule is Cc1ccccc1Cn1nc(NC(=O)c2noc(C)c2Cn2nc([N+](=O)[O-])cc2C)cc1C. The number of rotatable bonds is 7. The summed E-state index contributed by atoms with van der Waals surface area (Å²) in [5, 5.41) is 26.1. The Kier molecular flexibility index (Phi) is 5.78. The van der Waals surface area contributed by atoms with Crippen LogP contribution in [0.25, 0.3) is 0 Å². The maximum absolute atomic E-state index is 12.9. The third kappa shape index (κ3) is 4.52. The first-order valence-corrected chi connectivity index (χ1v) is 10.3. The average molecular weight is 449 g/mol. The zero-order valence-electron chi connectivity index (χ0n) is 18.7. The van der Waals surface area contributed by atoms with Gasteiger partial charge in [-0.15, -0.1) is 0 Å². The lowest BCUT2D eigenvalue weighted by atomic mass is 10.1. The van der Waals surface area contributed by atoms with Crippen LogP contribution in [0.2, 0.25) is 0 Å². The minimum atomic E-state index is -0.562. The molecule has 0 unspecified atom stereocenters. The van der Waals surface area contributed by atoms with Crippen LogP contribution in [0.15, 0.2) is 40.9 Å². The summed E-state index contributed by atoms with van der Waals surface area (Å²) in [5.41, 5.74) is 4.35. The van der Waals surface area contributed by atoms with Crippen LogP contribution >= 0.6 is 0 Å². The van der Waals surface area contributed by atoms with Crippen molar-refractivity contribution in [2.75, 3.05) is 5.32 Å². The number of aryl methyl sites for hydroxylation is 4. The van der Waals surface area contributed by atoms with E-state index in [0.717, 1.165) is 16.8 Å². The Hall–Kier alpha value is -4.28. The molecule has 0 fully saturated rings. The van der Waals surface area contributed by atoms with Crippen molar-refractivity contribution in [1.82, 2.24) is 24.7 Å². The predicted molar refractivity (Wildman–Crippen MR) is 119 cm³/mol. The predicted octanol–water partition coefficient (Wildman–Crippen LogP) is 3.56. The van der Waals surface area contributed by atoms with E-state index >= 15 is 0 Å². The number of anilines is 1. The first-order valence-electron chi connectivity index (χ1n) is 10.3. The van der Waals surface area contributed by atoms with Crippen molar-refractivity contribution < 1.29 is 14.2 Å². The molecule has 11 nitrogen and oxygen atoms in total. The molecule has 0 saturated heterocycles. The van der Waals surface area contributed by atoms with E-state index in [1.165, 1.54) is 10.7 Å². The topological polar surface area (TPSA) is 134 Å². The lowest BCUT2D eigenvalue weighted by Gasteiger charge is -2.07. The Morgan fingerprint density at radius 1 is 1.06 bits per heavy atom. The maximum Gasteiger partial charge on any atom is 0.390 e. The smallest absolute Gasteiger partial charge is 0.361 e. The van der Waals surface area contributed by atoms with Crippen LogP contribution in [0.1, 0.15) is 44.3 Å². The third-order valence-corrected chi connectivity index (χ3v) is 5.47. The molecule has 0 aliphatic rings. The van der Waals surface area contributed by atoms with E-state index in [1.807, 2.05) is 42.8 Å². The molecule has 0 atom stereocenters. The standard InChI is InChI=1S/C22H23N7O4/c1-13-7-5-6-8-17(13)11-27-14(2)9-19(24-27)23-22(30)21-18(16(4)33-26-21)12-28-15(3)10-20(25-28)29(31)32/h5-10H,11-12H2,1-4H3,(H,23,24,30). The molecule has 1 N–H and O–H groups in total. The molecule has 4 rings (SSSR count). The third-order valence-electron chi connectivity index (χ3n) is 5.47.